The highest BCUT2D eigenvalue weighted by Crippen LogP contribution is 2.22. The van der Waals surface area contributed by atoms with Crippen molar-refractivity contribution in [2.45, 2.75) is 25.8 Å². The first-order chi connectivity index (χ1) is 10.3. The molecule has 1 aromatic rings. The summed E-state index contributed by atoms with van der Waals surface area (Å²) in [5.41, 5.74) is 6.83. The molecule has 2 N–H and O–H groups in total. The van der Waals surface area contributed by atoms with E-state index < -0.39 is 10.0 Å². The Bertz CT molecular complexity index is 643. The number of rotatable bonds is 4. The number of carbonyl (C=O) groups excluding carboxylic acids is 1. The summed E-state index contributed by atoms with van der Waals surface area (Å²) in [5.74, 6) is -0.0843. The van der Waals surface area contributed by atoms with Gasteiger partial charge in [-0.1, -0.05) is 19.1 Å². The van der Waals surface area contributed by atoms with Crippen LogP contribution in [0.5, 0.6) is 0 Å². The molecule has 0 unspecified atom stereocenters. The highest BCUT2D eigenvalue weighted by molar-refractivity contribution is 7.88. The highest BCUT2D eigenvalue weighted by atomic mass is 35.5. The van der Waals surface area contributed by atoms with Crippen molar-refractivity contribution in [3.63, 3.8) is 0 Å². The maximum absolute atomic E-state index is 12.5. The van der Waals surface area contributed by atoms with E-state index >= 15 is 0 Å². The number of nitrogen functional groups attached to an aromatic ring is 1. The van der Waals surface area contributed by atoms with Gasteiger partial charge in [-0.05, 0) is 25.0 Å². The highest BCUT2D eigenvalue weighted by Gasteiger charge is 2.31. The average molecular weight is 362 g/mol. The van der Waals surface area contributed by atoms with Crippen molar-refractivity contribution in [1.29, 1.82) is 0 Å². The molecule has 130 valence electrons. The van der Waals surface area contributed by atoms with Crippen LogP contribution >= 0.6 is 12.4 Å². The van der Waals surface area contributed by atoms with E-state index in [1.807, 2.05) is 6.92 Å². The van der Waals surface area contributed by atoms with Gasteiger partial charge in [0, 0.05) is 31.4 Å². The molecular formula is C15H24ClN3O3S. The topological polar surface area (TPSA) is 83.7 Å². The van der Waals surface area contributed by atoms with Gasteiger partial charge in [-0.3, -0.25) is 4.79 Å². The Labute approximate surface area is 144 Å². The molecule has 0 aliphatic carbocycles. The fourth-order valence-electron chi connectivity index (χ4n) is 2.98. The fraction of sp³-hybridized carbons (Fsp3) is 0.533. The lowest BCUT2D eigenvalue weighted by Crippen LogP contribution is -2.48. The molecule has 1 aromatic carbocycles. The summed E-state index contributed by atoms with van der Waals surface area (Å²) in [5, 5.41) is 0. The second-order valence-corrected chi connectivity index (χ2v) is 7.51. The molecule has 1 amide bonds. The van der Waals surface area contributed by atoms with Gasteiger partial charge in [0.1, 0.15) is 0 Å². The summed E-state index contributed by atoms with van der Waals surface area (Å²) >= 11 is 0. The first-order valence-corrected chi connectivity index (χ1v) is 9.30. The number of anilines is 1. The largest absolute Gasteiger partial charge is 0.398 e. The molecule has 1 aliphatic heterocycles. The minimum atomic E-state index is -3.20. The molecular weight excluding hydrogens is 338 g/mol. The van der Waals surface area contributed by atoms with Crippen molar-refractivity contribution in [1.82, 2.24) is 9.21 Å². The van der Waals surface area contributed by atoms with Crippen LogP contribution in [-0.4, -0.2) is 55.5 Å². The maximum atomic E-state index is 12.5. The molecule has 1 aliphatic rings. The molecule has 1 saturated heterocycles. The smallest absolute Gasteiger partial charge is 0.255 e. The standard InChI is InChI=1S/C15H23N3O3S.ClH/c1-3-18(22(2,20)21)12-8-10-17(11-9-12)15(19)13-6-4-5-7-14(13)16;/h4-7,12H,3,8-11,16H2,1-2H3;1H. The lowest BCUT2D eigenvalue weighted by molar-refractivity contribution is 0.0681. The van der Waals surface area contributed by atoms with E-state index in [-0.39, 0.29) is 24.4 Å². The molecule has 2 rings (SSSR count). The molecule has 8 heteroatoms. The fourth-order valence-corrected chi connectivity index (χ4v) is 4.20. The molecule has 0 saturated carbocycles. The van der Waals surface area contributed by atoms with Gasteiger partial charge in [-0.15, -0.1) is 12.4 Å². The minimum Gasteiger partial charge on any atom is -0.398 e. The number of halogens is 1. The van der Waals surface area contributed by atoms with Crippen LogP contribution in [0.3, 0.4) is 0 Å². The van der Waals surface area contributed by atoms with Crippen LogP contribution in [0, 0.1) is 0 Å². The zero-order valence-corrected chi connectivity index (χ0v) is 15.1. The molecule has 1 heterocycles. The Morgan fingerprint density at radius 1 is 1.30 bits per heavy atom. The van der Waals surface area contributed by atoms with Gasteiger partial charge in [0.15, 0.2) is 0 Å². The molecule has 0 atom stereocenters. The molecule has 0 bridgehead atoms. The van der Waals surface area contributed by atoms with Crippen LogP contribution in [0.1, 0.15) is 30.1 Å². The maximum Gasteiger partial charge on any atom is 0.255 e. The van der Waals surface area contributed by atoms with Crippen LogP contribution in [0.4, 0.5) is 5.69 Å². The number of para-hydroxylation sites is 1. The number of hydrogen-bond acceptors (Lipinski definition) is 4. The Hall–Kier alpha value is -1.31. The summed E-state index contributed by atoms with van der Waals surface area (Å²) in [6.45, 7) is 3.39. The molecule has 23 heavy (non-hydrogen) atoms. The third-order valence-corrected chi connectivity index (χ3v) is 5.50. The number of amides is 1. The van der Waals surface area contributed by atoms with Crippen LogP contribution < -0.4 is 5.73 Å². The molecule has 6 nitrogen and oxygen atoms in total. The predicted octanol–water partition coefficient (Wildman–Crippen LogP) is 1.58. The van der Waals surface area contributed by atoms with E-state index in [2.05, 4.69) is 0 Å². The number of piperidine rings is 1. The molecule has 1 fully saturated rings. The van der Waals surface area contributed by atoms with Gasteiger partial charge in [-0.25, -0.2) is 8.42 Å². The van der Waals surface area contributed by atoms with Crippen molar-refractivity contribution < 1.29 is 13.2 Å². The third-order valence-electron chi connectivity index (χ3n) is 4.09. The number of likely N-dealkylation sites (tertiary alicyclic amines) is 1. The quantitative estimate of drug-likeness (QED) is 0.825. The van der Waals surface area contributed by atoms with Crippen molar-refractivity contribution in [2.75, 3.05) is 31.6 Å². The second-order valence-electron chi connectivity index (χ2n) is 5.58. The van der Waals surface area contributed by atoms with Crippen molar-refractivity contribution in [3.8, 4) is 0 Å². The molecule has 0 aromatic heterocycles. The lowest BCUT2D eigenvalue weighted by atomic mass is 10.0. The van der Waals surface area contributed by atoms with Gasteiger partial charge in [-0.2, -0.15) is 4.31 Å². The Kier molecular flexibility index (Phi) is 6.85. The number of nitrogens with zero attached hydrogens (tertiary/aromatic N) is 2. The molecule has 0 spiro atoms. The van der Waals surface area contributed by atoms with Gasteiger partial charge in [0.05, 0.1) is 11.8 Å². The van der Waals surface area contributed by atoms with Gasteiger partial charge in [0.2, 0.25) is 10.0 Å². The zero-order chi connectivity index (χ0) is 16.3. The average Bonchev–Trinajstić information content (AvgIpc) is 2.47. The summed E-state index contributed by atoms with van der Waals surface area (Å²) in [7, 11) is -3.20. The number of carbonyl (C=O) groups is 1. The van der Waals surface area contributed by atoms with E-state index in [1.165, 1.54) is 10.6 Å². The number of benzene rings is 1. The van der Waals surface area contributed by atoms with Gasteiger partial charge >= 0.3 is 0 Å². The van der Waals surface area contributed by atoms with E-state index in [1.54, 1.807) is 29.2 Å². The second kappa shape index (κ2) is 7.99. The lowest BCUT2D eigenvalue weighted by Gasteiger charge is -2.37. The monoisotopic (exact) mass is 361 g/mol. The van der Waals surface area contributed by atoms with E-state index in [0.717, 1.165) is 0 Å². The van der Waals surface area contributed by atoms with Crippen LogP contribution in [0.25, 0.3) is 0 Å². The number of sulfonamides is 1. The SMILES string of the molecule is CCN(C1CCN(C(=O)c2ccccc2N)CC1)S(C)(=O)=O.Cl. The first-order valence-electron chi connectivity index (χ1n) is 7.45. The van der Waals surface area contributed by atoms with Crippen molar-refractivity contribution >= 4 is 34.0 Å². The van der Waals surface area contributed by atoms with Crippen LogP contribution in [0.2, 0.25) is 0 Å². The van der Waals surface area contributed by atoms with Crippen LogP contribution in [0.15, 0.2) is 24.3 Å². The normalized spacial score (nSPS) is 16.2. The van der Waals surface area contributed by atoms with Crippen molar-refractivity contribution in [2.24, 2.45) is 0 Å². The Balaban J connectivity index is 0.00000264. The summed E-state index contributed by atoms with van der Waals surface area (Å²) < 4.78 is 25.1. The zero-order valence-electron chi connectivity index (χ0n) is 13.4. The van der Waals surface area contributed by atoms with Gasteiger partial charge in [0.25, 0.3) is 5.91 Å². The van der Waals surface area contributed by atoms with E-state index in [9.17, 15) is 13.2 Å². The third kappa shape index (κ3) is 4.59. The Morgan fingerprint density at radius 3 is 2.35 bits per heavy atom. The number of hydrogen-bond donors (Lipinski definition) is 1. The summed E-state index contributed by atoms with van der Waals surface area (Å²) in [6, 6.07) is 6.99. The summed E-state index contributed by atoms with van der Waals surface area (Å²) in [6.07, 6.45) is 2.54. The van der Waals surface area contributed by atoms with E-state index in [4.69, 9.17) is 5.73 Å². The number of nitrogens with two attached hydrogens (primary N) is 1. The van der Waals surface area contributed by atoms with E-state index in [0.29, 0.717) is 43.7 Å². The predicted molar refractivity (Wildman–Crippen MR) is 94.3 cm³/mol. The Morgan fingerprint density at radius 2 is 1.87 bits per heavy atom. The van der Waals surface area contributed by atoms with Crippen molar-refractivity contribution in [3.05, 3.63) is 29.8 Å². The van der Waals surface area contributed by atoms with Crippen LogP contribution in [-0.2, 0) is 10.0 Å². The summed E-state index contributed by atoms with van der Waals surface area (Å²) in [4.78, 5) is 14.2. The van der Waals surface area contributed by atoms with Gasteiger partial charge < -0.3 is 10.6 Å². The molecule has 0 radical (unpaired) electrons. The first kappa shape index (κ1) is 19.7. The minimum absolute atomic E-state index is 0.